The van der Waals surface area contributed by atoms with Crippen molar-refractivity contribution in [2.75, 3.05) is 11.9 Å². The number of nitrogens with zero attached hydrogens (tertiary/aromatic N) is 2. The first-order valence-electron chi connectivity index (χ1n) is 9.41. The van der Waals surface area contributed by atoms with E-state index in [2.05, 4.69) is 115 Å². The van der Waals surface area contributed by atoms with Gasteiger partial charge in [-0.2, -0.15) is 0 Å². The Bertz CT molecular complexity index is 1210. The van der Waals surface area contributed by atoms with Gasteiger partial charge in [-0.1, -0.05) is 60.3 Å². The fourth-order valence-electron chi connectivity index (χ4n) is 3.75. The molecule has 0 amide bonds. The van der Waals surface area contributed by atoms with Gasteiger partial charge >= 0.3 is 0 Å². The molecule has 2 heterocycles. The molecule has 0 saturated carbocycles. The summed E-state index contributed by atoms with van der Waals surface area (Å²) in [6.07, 6.45) is 4.45. The van der Waals surface area contributed by atoms with Gasteiger partial charge in [0, 0.05) is 24.1 Å². The van der Waals surface area contributed by atoms with E-state index < -0.39 is 0 Å². The predicted octanol–water partition coefficient (Wildman–Crippen LogP) is 5.87. The van der Waals surface area contributed by atoms with E-state index in [1.54, 1.807) is 0 Å². The van der Waals surface area contributed by atoms with Crippen LogP contribution in [0.3, 0.4) is 0 Å². The molecule has 5 rings (SSSR count). The summed E-state index contributed by atoms with van der Waals surface area (Å²) in [6, 6.07) is 28.1. The SMILES string of the molecule is CN1/C(=C/c2cc[n+](C)c3cc(-c4ccccc4)ccc23)Sc2ccccc21. The van der Waals surface area contributed by atoms with Crippen molar-refractivity contribution in [2.45, 2.75) is 4.90 Å². The van der Waals surface area contributed by atoms with E-state index in [-0.39, 0.29) is 0 Å². The number of benzene rings is 3. The Hall–Kier alpha value is -3.04. The summed E-state index contributed by atoms with van der Waals surface area (Å²) >= 11 is 1.83. The van der Waals surface area contributed by atoms with E-state index in [0.717, 1.165) is 0 Å². The van der Waals surface area contributed by atoms with Crippen molar-refractivity contribution >= 4 is 34.4 Å². The van der Waals surface area contributed by atoms with E-state index >= 15 is 0 Å². The van der Waals surface area contributed by atoms with Gasteiger partial charge in [-0.05, 0) is 41.0 Å². The minimum atomic E-state index is 1.24. The first-order valence-corrected chi connectivity index (χ1v) is 10.2. The summed E-state index contributed by atoms with van der Waals surface area (Å²) < 4.78 is 2.20. The molecule has 3 heteroatoms. The molecule has 0 unspecified atom stereocenters. The quantitative estimate of drug-likeness (QED) is 0.401. The van der Waals surface area contributed by atoms with Crippen LogP contribution < -0.4 is 9.47 Å². The lowest BCUT2D eigenvalue weighted by atomic mass is 10.0. The van der Waals surface area contributed by atoms with Crippen LogP contribution in [0.15, 0.2) is 95.0 Å². The van der Waals surface area contributed by atoms with Crippen LogP contribution in [-0.2, 0) is 7.05 Å². The van der Waals surface area contributed by atoms with E-state index in [9.17, 15) is 0 Å². The number of rotatable bonds is 2. The van der Waals surface area contributed by atoms with Gasteiger partial charge < -0.3 is 4.90 Å². The van der Waals surface area contributed by atoms with Crippen LogP contribution in [-0.4, -0.2) is 7.05 Å². The number of pyridine rings is 1. The second-order valence-electron chi connectivity index (χ2n) is 7.09. The molecule has 1 aromatic heterocycles. The Morgan fingerprint density at radius 2 is 1.64 bits per heavy atom. The lowest BCUT2D eigenvalue weighted by molar-refractivity contribution is -0.644. The minimum absolute atomic E-state index is 1.24. The van der Waals surface area contributed by atoms with Gasteiger partial charge in [0.25, 0.3) is 0 Å². The van der Waals surface area contributed by atoms with Crippen LogP contribution in [0, 0.1) is 0 Å². The largest absolute Gasteiger partial charge is 0.338 e. The van der Waals surface area contributed by atoms with Crippen LogP contribution in [0.2, 0.25) is 0 Å². The lowest BCUT2D eigenvalue weighted by Crippen LogP contribution is -2.28. The monoisotopic (exact) mass is 381 g/mol. The molecule has 0 bridgehead atoms. The van der Waals surface area contributed by atoms with Crippen LogP contribution in [0.1, 0.15) is 5.56 Å². The number of fused-ring (bicyclic) bond motifs is 2. The van der Waals surface area contributed by atoms with Crippen molar-refractivity contribution in [1.82, 2.24) is 0 Å². The zero-order valence-electron chi connectivity index (χ0n) is 16.0. The summed E-state index contributed by atoms with van der Waals surface area (Å²) in [6.45, 7) is 0. The second-order valence-corrected chi connectivity index (χ2v) is 8.15. The molecule has 2 nitrogen and oxygen atoms in total. The Morgan fingerprint density at radius 3 is 2.46 bits per heavy atom. The highest BCUT2D eigenvalue weighted by atomic mass is 32.2. The molecule has 1 aliphatic heterocycles. The van der Waals surface area contributed by atoms with Gasteiger partial charge in [-0.3, -0.25) is 0 Å². The third kappa shape index (κ3) is 2.88. The van der Waals surface area contributed by atoms with E-state index in [0.29, 0.717) is 0 Å². The predicted molar refractivity (Wildman–Crippen MR) is 119 cm³/mol. The summed E-state index contributed by atoms with van der Waals surface area (Å²) in [5, 5.41) is 2.52. The summed E-state index contributed by atoms with van der Waals surface area (Å²) in [5.74, 6) is 0. The minimum Gasteiger partial charge on any atom is -0.338 e. The number of hydrogen-bond acceptors (Lipinski definition) is 2. The molecule has 136 valence electrons. The standard InChI is InChI=1S/C25H21N2S/c1-26-15-14-20(17-25-27(2)22-10-6-7-11-24(22)28-25)21-13-12-19(16-23(21)26)18-8-4-3-5-9-18/h3-17H,1-2H3/q+1. The van der Waals surface area contributed by atoms with Crippen LogP contribution in [0.25, 0.3) is 28.1 Å². The highest BCUT2D eigenvalue weighted by molar-refractivity contribution is 8.03. The van der Waals surface area contributed by atoms with Crippen molar-refractivity contribution in [3.05, 3.63) is 95.7 Å². The third-order valence-corrected chi connectivity index (χ3v) is 6.49. The molecular formula is C25H21N2S+. The molecule has 28 heavy (non-hydrogen) atoms. The van der Waals surface area contributed by atoms with E-state index in [1.165, 1.54) is 43.2 Å². The summed E-state index contributed by atoms with van der Waals surface area (Å²) in [7, 11) is 4.25. The van der Waals surface area contributed by atoms with Gasteiger partial charge in [0.1, 0.15) is 7.05 Å². The first kappa shape index (κ1) is 17.1. The summed E-state index contributed by atoms with van der Waals surface area (Å²) in [4.78, 5) is 3.59. The van der Waals surface area contributed by atoms with Crippen LogP contribution in [0.4, 0.5) is 5.69 Å². The highest BCUT2D eigenvalue weighted by Gasteiger charge is 2.22. The van der Waals surface area contributed by atoms with Gasteiger partial charge in [0.05, 0.1) is 16.1 Å². The number of aryl methyl sites for hydroxylation is 1. The van der Waals surface area contributed by atoms with E-state index in [4.69, 9.17) is 0 Å². The first-order chi connectivity index (χ1) is 13.7. The fourth-order valence-corrected chi connectivity index (χ4v) is 4.85. The maximum absolute atomic E-state index is 2.30. The van der Waals surface area contributed by atoms with Crippen molar-refractivity contribution in [2.24, 2.45) is 7.05 Å². The Balaban J connectivity index is 1.61. The third-order valence-electron chi connectivity index (χ3n) is 5.32. The number of anilines is 1. The molecule has 0 radical (unpaired) electrons. The topological polar surface area (TPSA) is 7.12 Å². The molecule has 3 aromatic carbocycles. The van der Waals surface area contributed by atoms with Crippen LogP contribution in [0.5, 0.6) is 0 Å². The molecule has 0 atom stereocenters. The number of thioether (sulfide) groups is 1. The Labute approximate surface area is 169 Å². The highest BCUT2D eigenvalue weighted by Crippen LogP contribution is 2.45. The van der Waals surface area contributed by atoms with Gasteiger partial charge in [0.15, 0.2) is 6.20 Å². The lowest BCUT2D eigenvalue weighted by Gasteiger charge is -2.13. The molecule has 0 saturated heterocycles. The maximum atomic E-state index is 2.30. The van der Waals surface area contributed by atoms with Crippen LogP contribution >= 0.6 is 11.8 Å². The number of hydrogen-bond donors (Lipinski definition) is 0. The fraction of sp³-hybridized carbons (Fsp3) is 0.0800. The summed E-state index contributed by atoms with van der Waals surface area (Å²) in [5.41, 5.74) is 6.24. The second kappa shape index (κ2) is 6.84. The Kier molecular flexibility index (Phi) is 4.18. The molecular weight excluding hydrogens is 360 g/mol. The van der Waals surface area contributed by atoms with Gasteiger partial charge in [0.2, 0.25) is 5.52 Å². The number of para-hydroxylation sites is 1. The molecule has 4 aromatic rings. The van der Waals surface area contributed by atoms with Gasteiger partial charge in [-0.25, -0.2) is 4.57 Å². The molecule has 1 aliphatic rings. The zero-order valence-corrected chi connectivity index (χ0v) is 16.8. The average molecular weight is 382 g/mol. The van der Waals surface area contributed by atoms with Crippen molar-refractivity contribution in [3.63, 3.8) is 0 Å². The van der Waals surface area contributed by atoms with Crippen molar-refractivity contribution in [3.8, 4) is 11.1 Å². The van der Waals surface area contributed by atoms with Crippen molar-refractivity contribution < 1.29 is 4.57 Å². The number of aromatic nitrogens is 1. The molecule has 0 N–H and O–H groups in total. The Morgan fingerprint density at radius 1 is 0.857 bits per heavy atom. The molecule has 0 fully saturated rings. The maximum Gasteiger partial charge on any atom is 0.213 e. The molecule has 0 aliphatic carbocycles. The van der Waals surface area contributed by atoms with Gasteiger partial charge in [-0.15, -0.1) is 0 Å². The van der Waals surface area contributed by atoms with Crippen molar-refractivity contribution in [1.29, 1.82) is 0 Å². The zero-order chi connectivity index (χ0) is 19.1. The average Bonchev–Trinajstić information content (AvgIpc) is 3.06. The molecule has 0 spiro atoms. The normalized spacial score (nSPS) is 14.6. The van der Waals surface area contributed by atoms with E-state index in [1.807, 2.05) is 11.8 Å². The smallest absolute Gasteiger partial charge is 0.213 e.